The van der Waals surface area contributed by atoms with E-state index in [-0.39, 0.29) is 0 Å². The van der Waals surface area contributed by atoms with Gasteiger partial charge in [-0.2, -0.15) is 0 Å². The molecular weight excluding hydrogens is 518 g/mol. The lowest BCUT2D eigenvalue weighted by atomic mass is 9.92. The Bertz CT molecular complexity index is 1720. The summed E-state index contributed by atoms with van der Waals surface area (Å²) in [5, 5.41) is 0. The maximum Gasteiger partial charge on any atom is 0.0361 e. The molecule has 0 radical (unpaired) electrons. The molecular formula is C42H35N. The lowest BCUT2D eigenvalue weighted by molar-refractivity contribution is 1.13. The fourth-order valence-electron chi connectivity index (χ4n) is 5.17. The number of benzene rings is 6. The van der Waals surface area contributed by atoms with Crippen molar-refractivity contribution in [2.24, 2.45) is 0 Å². The number of anilines is 1. The van der Waals surface area contributed by atoms with Crippen molar-refractivity contribution in [1.29, 1.82) is 0 Å². The van der Waals surface area contributed by atoms with Gasteiger partial charge >= 0.3 is 0 Å². The number of hydrogen-bond donors (Lipinski definition) is 0. The molecule has 1 heteroatoms. The van der Waals surface area contributed by atoms with Crippen LogP contribution in [0.2, 0.25) is 0 Å². The van der Waals surface area contributed by atoms with Crippen molar-refractivity contribution in [3.05, 3.63) is 174 Å². The highest BCUT2D eigenvalue weighted by molar-refractivity contribution is 5.83. The largest absolute Gasteiger partial charge is 0.378 e. The maximum absolute atomic E-state index is 2.31. The minimum Gasteiger partial charge on any atom is -0.378 e. The highest BCUT2D eigenvalue weighted by atomic mass is 15.1. The molecule has 0 amide bonds. The molecule has 0 aromatic heterocycles. The molecule has 0 aliphatic rings. The van der Waals surface area contributed by atoms with E-state index in [1.807, 2.05) is 12.1 Å². The summed E-state index contributed by atoms with van der Waals surface area (Å²) >= 11 is 0. The summed E-state index contributed by atoms with van der Waals surface area (Å²) in [6.07, 6.45) is 8.65. The topological polar surface area (TPSA) is 3.24 Å². The number of rotatable bonds is 8. The molecule has 6 aromatic rings. The van der Waals surface area contributed by atoms with Crippen LogP contribution < -0.4 is 4.90 Å². The van der Waals surface area contributed by atoms with Crippen molar-refractivity contribution in [2.75, 3.05) is 19.0 Å². The summed E-state index contributed by atoms with van der Waals surface area (Å²) in [5.74, 6) is 0. The first-order chi connectivity index (χ1) is 21.1. The molecule has 0 saturated heterocycles. The molecule has 6 aromatic carbocycles. The van der Waals surface area contributed by atoms with Crippen molar-refractivity contribution in [3.63, 3.8) is 0 Å². The minimum absolute atomic E-state index is 1.18. The van der Waals surface area contributed by atoms with Gasteiger partial charge in [0.25, 0.3) is 0 Å². The highest BCUT2D eigenvalue weighted by Gasteiger charge is 2.08. The molecule has 0 aliphatic carbocycles. The molecule has 0 N–H and O–H groups in total. The van der Waals surface area contributed by atoms with E-state index in [9.17, 15) is 0 Å². The van der Waals surface area contributed by atoms with Gasteiger partial charge in [0.05, 0.1) is 0 Å². The van der Waals surface area contributed by atoms with Gasteiger partial charge in [0.15, 0.2) is 0 Å². The van der Waals surface area contributed by atoms with E-state index in [4.69, 9.17) is 0 Å². The van der Waals surface area contributed by atoms with Gasteiger partial charge in [-0.3, -0.25) is 0 Å². The molecule has 0 atom stereocenters. The molecule has 208 valence electrons. The Labute approximate surface area is 255 Å². The molecule has 0 bridgehead atoms. The third-order valence-corrected chi connectivity index (χ3v) is 7.67. The van der Waals surface area contributed by atoms with E-state index in [2.05, 4.69) is 183 Å². The molecule has 0 heterocycles. The Morgan fingerprint density at radius 2 is 0.628 bits per heavy atom. The quantitative estimate of drug-likeness (QED) is 0.169. The first-order valence-electron chi connectivity index (χ1n) is 14.7. The van der Waals surface area contributed by atoms with Gasteiger partial charge in [-0.25, -0.2) is 0 Å². The SMILES string of the molecule is CN(C)c1ccc(-c2cc(-c3ccc(/C=C/c4ccccc4)cc3)cc(-c3ccc(/C=C/c4ccccc4)cc3)c2)cc1. The Morgan fingerprint density at radius 1 is 0.326 bits per heavy atom. The van der Waals surface area contributed by atoms with Crippen LogP contribution in [-0.4, -0.2) is 14.1 Å². The summed E-state index contributed by atoms with van der Waals surface area (Å²) in [4.78, 5) is 2.13. The third-order valence-electron chi connectivity index (χ3n) is 7.67. The second kappa shape index (κ2) is 13.1. The zero-order chi connectivity index (χ0) is 29.4. The number of hydrogen-bond acceptors (Lipinski definition) is 1. The second-order valence-electron chi connectivity index (χ2n) is 11.0. The second-order valence-corrected chi connectivity index (χ2v) is 11.0. The van der Waals surface area contributed by atoms with Crippen molar-refractivity contribution in [2.45, 2.75) is 0 Å². The van der Waals surface area contributed by atoms with E-state index in [0.717, 1.165) is 0 Å². The predicted octanol–water partition coefficient (Wildman–Crippen LogP) is 11.1. The van der Waals surface area contributed by atoms with E-state index in [0.29, 0.717) is 0 Å². The summed E-state index contributed by atoms with van der Waals surface area (Å²) in [6.45, 7) is 0. The van der Waals surface area contributed by atoms with Crippen LogP contribution in [0.4, 0.5) is 5.69 Å². The average Bonchev–Trinajstić information content (AvgIpc) is 3.07. The van der Waals surface area contributed by atoms with Crippen LogP contribution in [0, 0.1) is 0 Å². The van der Waals surface area contributed by atoms with Crippen molar-refractivity contribution >= 4 is 30.0 Å². The van der Waals surface area contributed by atoms with E-state index in [1.54, 1.807) is 0 Å². The van der Waals surface area contributed by atoms with Gasteiger partial charge in [0.2, 0.25) is 0 Å². The van der Waals surface area contributed by atoms with Crippen LogP contribution in [0.15, 0.2) is 152 Å². The Kier molecular flexibility index (Phi) is 8.43. The van der Waals surface area contributed by atoms with Gasteiger partial charge in [-0.05, 0) is 86.0 Å². The molecule has 0 fully saturated rings. The van der Waals surface area contributed by atoms with Gasteiger partial charge in [-0.1, -0.05) is 146 Å². The van der Waals surface area contributed by atoms with E-state index >= 15 is 0 Å². The smallest absolute Gasteiger partial charge is 0.0361 e. The van der Waals surface area contributed by atoms with Crippen LogP contribution >= 0.6 is 0 Å². The van der Waals surface area contributed by atoms with Gasteiger partial charge in [-0.15, -0.1) is 0 Å². The van der Waals surface area contributed by atoms with Gasteiger partial charge < -0.3 is 4.90 Å². The maximum atomic E-state index is 2.31. The van der Waals surface area contributed by atoms with Crippen LogP contribution in [-0.2, 0) is 0 Å². The minimum atomic E-state index is 1.18. The fraction of sp³-hybridized carbons (Fsp3) is 0.0476. The zero-order valence-corrected chi connectivity index (χ0v) is 24.7. The molecule has 0 spiro atoms. The Hall–Kier alpha value is -5.40. The molecule has 0 aliphatic heterocycles. The predicted molar refractivity (Wildman–Crippen MR) is 188 cm³/mol. The molecule has 1 nitrogen and oxygen atoms in total. The molecule has 43 heavy (non-hydrogen) atoms. The Balaban J connectivity index is 1.33. The van der Waals surface area contributed by atoms with Gasteiger partial charge in [0, 0.05) is 19.8 Å². The van der Waals surface area contributed by atoms with E-state index < -0.39 is 0 Å². The van der Waals surface area contributed by atoms with E-state index in [1.165, 1.54) is 61.3 Å². The van der Waals surface area contributed by atoms with Gasteiger partial charge in [0.1, 0.15) is 0 Å². The highest BCUT2D eigenvalue weighted by Crippen LogP contribution is 2.34. The fourth-order valence-corrected chi connectivity index (χ4v) is 5.17. The third kappa shape index (κ3) is 7.09. The molecule has 0 unspecified atom stereocenters. The Morgan fingerprint density at radius 3 is 0.953 bits per heavy atom. The monoisotopic (exact) mass is 553 g/mol. The average molecular weight is 554 g/mol. The first kappa shape index (κ1) is 27.8. The van der Waals surface area contributed by atoms with Crippen LogP contribution in [0.25, 0.3) is 57.7 Å². The summed E-state index contributed by atoms with van der Waals surface area (Å²) in [6, 6.07) is 54.2. The van der Waals surface area contributed by atoms with Crippen LogP contribution in [0.5, 0.6) is 0 Å². The summed E-state index contributed by atoms with van der Waals surface area (Å²) in [5.41, 5.74) is 13.2. The summed E-state index contributed by atoms with van der Waals surface area (Å²) in [7, 11) is 4.15. The lowest BCUT2D eigenvalue weighted by Gasteiger charge is -2.14. The van der Waals surface area contributed by atoms with Crippen LogP contribution in [0.3, 0.4) is 0 Å². The first-order valence-corrected chi connectivity index (χ1v) is 14.7. The van der Waals surface area contributed by atoms with Crippen molar-refractivity contribution in [1.82, 2.24) is 0 Å². The normalized spacial score (nSPS) is 11.3. The molecule has 6 rings (SSSR count). The zero-order valence-electron chi connectivity index (χ0n) is 24.7. The number of nitrogens with zero attached hydrogens (tertiary/aromatic N) is 1. The molecule has 0 saturated carbocycles. The summed E-state index contributed by atoms with van der Waals surface area (Å²) < 4.78 is 0. The standard InChI is InChI=1S/C42H35N/c1-43(2)42-27-25-38(26-28-42)41-30-39(36-21-17-34(18-22-36)15-13-32-9-5-3-6-10-32)29-40(31-41)37-23-19-35(20-24-37)16-14-33-11-7-4-8-12-33/h3-31H,1-2H3/b15-13+,16-14+. The van der Waals surface area contributed by atoms with Crippen molar-refractivity contribution < 1.29 is 0 Å². The van der Waals surface area contributed by atoms with Crippen LogP contribution in [0.1, 0.15) is 22.3 Å². The van der Waals surface area contributed by atoms with Crippen molar-refractivity contribution in [3.8, 4) is 33.4 Å². The lowest BCUT2D eigenvalue weighted by Crippen LogP contribution is -2.07.